The summed E-state index contributed by atoms with van der Waals surface area (Å²) in [4.78, 5) is 49.1. The van der Waals surface area contributed by atoms with Gasteiger partial charge in [0.25, 0.3) is 5.91 Å². The van der Waals surface area contributed by atoms with Crippen LogP contribution in [0.25, 0.3) is 16.9 Å². The molecule has 2 aliphatic rings. The highest BCUT2D eigenvalue weighted by atomic mass is 32.2. The number of ether oxygens (including phenoxy) is 1. The fourth-order valence-corrected chi connectivity index (χ4v) is 6.65. The van der Waals surface area contributed by atoms with Crippen molar-refractivity contribution in [1.82, 2.24) is 39.1 Å². The highest BCUT2D eigenvalue weighted by molar-refractivity contribution is 7.98. The van der Waals surface area contributed by atoms with Crippen LogP contribution in [-0.2, 0) is 16.1 Å². The van der Waals surface area contributed by atoms with Crippen LogP contribution in [0.1, 0.15) is 23.3 Å². The average molecular weight is 682 g/mol. The van der Waals surface area contributed by atoms with Gasteiger partial charge in [0.05, 0.1) is 18.4 Å². The van der Waals surface area contributed by atoms with E-state index in [4.69, 9.17) is 4.74 Å². The zero-order chi connectivity index (χ0) is 33.6. The Hall–Kier alpha value is -4.41. The quantitative estimate of drug-likeness (QED) is 0.176. The van der Waals surface area contributed by atoms with Crippen LogP contribution in [-0.4, -0.2) is 122 Å². The minimum atomic E-state index is -3.08. The summed E-state index contributed by atoms with van der Waals surface area (Å²) in [5.41, 5.74) is 1.27. The molecule has 1 N–H and O–H groups in total. The number of carbonyl (C=O) groups is 3. The first-order valence-electron chi connectivity index (χ1n) is 15.8. The molecule has 0 radical (unpaired) electrons. The summed E-state index contributed by atoms with van der Waals surface area (Å²) in [5.74, 6) is -0.303. The molecule has 2 saturated heterocycles. The van der Waals surface area contributed by atoms with Gasteiger partial charge in [-0.05, 0) is 55.3 Å². The average Bonchev–Trinajstić information content (AvgIpc) is 3.70. The molecule has 2 aliphatic heterocycles. The highest BCUT2D eigenvalue weighted by Crippen LogP contribution is 2.38. The standard InChI is InChI=1S/C32H37F2N9O4S/c1-48-23-4-5-27(47-32(33)34)24(17-23)30-25(37-31(46)26-18-35-28-3-2-8-36-43(26)28)20-42(38-30)21-29(45)41-9-6-22(7-10-41)19-40-13-11-39(12-14-40)15-16-44/h2-5,8,16-18,20,22,32H,6-7,9-15,19,21H2,1H3,(H,37,46). The number of aromatic nitrogens is 5. The molecule has 16 heteroatoms. The lowest BCUT2D eigenvalue weighted by atomic mass is 9.96. The number of aldehydes is 1. The Labute approximate surface area is 280 Å². The largest absolute Gasteiger partial charge is 0.434 e. The molecule has 0 atom stereocenters. The molecular formula is C32H37F2N9O4S. The van der Waals surface area contributed by atoms with Gasteiger partial charge in [0.2, 0.25) is 5.91 Å². The first-order chi connectivity index (χ1) is 23.3. The molecule has 0 bridgehead atoms. The van der Waals surface area contributed by atoms with Crippen LogP contribution in [0.15, 0.2) is 53.8 Å². The van der Waals surface area contributed by atoms with Crippen LogP contribution in [0, 0.1) is 5.92 Å². The van der Waals surface area contributed by atoms with Crippen LogP contribution in [0.4, 0.5) is 14.5 Å². The van der Waals surface area contributed by atoms with Gasteiger partial charge in [-0.2, -0.15) is 19.0 Å². The van der Waals surface area contributed by atoms with Crippen LogP contribution < -0.4 is 10.1 Å². The molecule has 3 aromatic heterocycles. The Kier molecular flexibility index (Phi) is 10.6. The van der Waals surface area contributed by atoms with E-state index >= 15 is 0 Å². The monoisotopic (exact) mass is 681 g/mol. The summed E-state index contributed by atoms with van der Waals surface area (Å²) in [7, 11) is 0. The van der Waals surface area contributed by atoms with Crippen LogP contribution in [0.2, 0.25) is 0 Å². The zero-order valence-corrected chi connectivity index (χ0v) is 27.3. The molecule has 4 aromatic rings. The summed E-state index contributed by atoms with van der Waals surface area (Å²) in [6.45, 7) is 3.16. The second-order valence-electron chi connectivity index (χ2n) is 11.8. The van der Waals surface area contributed by atoms with Crippen LogP contribution in [0.5, 0.6) is 5.75 Å². The number of fused-ring (bicyclic) bond motifs is 1. The number of alkyl halides is 2. The predicted molar refractivity (Wildman–Crippen MR) is 175 cm³/mol. The minimum absolute atomic E-state index is 0.101. The van der Waals surface area contributed by atoms with Crippen molar-refractivity contribution < 1.29 is 27.9 Å². The summed E-state index contributed by atoms with van der Waals surface area (Å²) in [6, 6.07) is 8.17. The Morgan fingerprint density at radius 3 is 2.60 bits per heavy atom. The topological polar surface area (TPSA) is 130 Å². The van der Waals surface area contributed by atoms with E-state index in [1.54, 1.807) is 24.3 Å². The molecule has 0 saturated carbocycles. The number of nitrogens with zero attached hydrogens (tertiary/aromatic N) is 8. The Balaban J connectivity index is 1.18. The van der Waals surface area contributed by atoms with E-state index in [-0.39, 0.29) is 40.8 Å². The molecule has 0 unspecified atom stereocenters. The molecule has 1 aromatic carbocycles. The van der Waals surface area contributed by atoms with Gasteiger partial charge in [-0.15, -0.1) is 11.8 Å². The number of nitrogens with one attached hydrogen (secondary N) is 1. The number of hydrogen-bond acceptors (Lipinski definition) is 10. The van der Waals surface area contributed by atoms with Gasteiger partial charge < -0.3 is 24.6 Å². The number of amides is 2. The van der Waals surface area contributed by atoms with Crippen molar-refractivity contribution in [1.29, 1.82) is 0 Å². The number of imidazole rings is 1. The second kappa shape index (κ2) is 15.2. The number of carbonyl (C=O) groups excluding carboxylic acids is 3. The van der Waals surface area contributed by atoms with Crippen LogP contribution >= 0.6 is 11.8 Å². The maximum atomic E-state index is 13.5. The van der Waals surface area contributed by atoms with E-state index in [2.05, 4.69) is 30.3 Å². The summed E-state index contributed by atoms with van der Waals surface area (Å²) >= 11 is 1.41. The first-order valence-corrected chi connectivity index (χ1v) is 17.0. The molecule has 2 fully saturated rings. The van der Waals surface area contributed by atoms with Gasteiger partial charge in [-0.3, -0.25) is 19.2 Å². The molecule has 0 aliphatic carbocycles. The molecule has 5 heterocycles. The number of thioether (sulfide) groups is 1. The van der Waals surface area contributed by atoms with E-state index in [0.717, 1.165) is 56.7 Å². The number of halogens is 2. The van der Waals surface area contributed by atoms with Gasteiger partial charge in [-0.1, -0.05) is 0 Å². The summed E-state index contributed by atoms with van der Waals surface area (Å²) in [5, 5.41) is 11.6. The van der Waals surface area contributed by atoms with E-state index in [1.807, 2.05) is 11.2 Å². The lowest BCUT2D eigenvalue weighted by molar-refractivity contribution is -0.133. The molecular weight excluding hydrogens is 644 g/mol. The van der Waals surface area contributed by atoms with Crippen molar-refractivity contribution in [2.24, 2.45) is 5.92 Å². The molecule has 6 rings (SSSR count). The molecule has 254 valence electrons. The molecule has 48 heavy (non-hydrogen) atoms. The third-order valence-electron chi connectivity index (χ3n) is 8.76. The fourth-order valence-electron chi connectivity index (χ4n) is 6.21. The molecule has 13 nitrogen and oxygen atoms in total. The minimum Gasteiger partial charge on any atom is -0.434 e. The van der Waals surface area contributed by atoms with Crippen molar-refractivity contribution in [2.75, 3.05) is 63.9 Å². The highest BCUT2D eigenvalue weighted by Gasteiger charge is 2.27. The lowest BCUT2D eigenvalue weighted by Gasteiger charge is -2.38. The number of piperazine rings is 1. The normalized spacial score (nSPS) is 16.5. The number of piperidine rings is 1. The Morgan fingerprint density at radius 2 is 1.88 bits per heavy atom. The van der Waals surface area contributed by atoms with Gasteiger partial charge in [0, 0.05) is 68.7 Å². The van der Waals surface area contributed by atoms with E-state index < -0.39 is 12.5 Å². The Bertz CT molecular complexity index is 1750. The lowest BCUT2D eigenvalue weighted by Crippen LogP contribution is -2.49. The zero-order valence-electron chi connectivity index (χ0n) is 26.5. The van der Waals surface area contributed by atoms with Crippen LogP contribution in [0.3, 0.4) is 0 Å². The number of rotatable bonds is 12. The van der Waals surface area contributed by atoms with E-state index in [1.165, 1.54) is 45.6 Å². The van der Waals surface area contributed by atoms with E-state index in [0.29, 0.717) is 31.2 Å². The summed E-state index contributed by atoms with van der Waals surface area (Å²) < 4.78 is 34.5. The number of hydrogen-bond donors (Lipinski definition) is 1. The maximum absolute atomic E-state index is 13.5. The SMILES string of the molecule is CSc1ccc(OC(F)F)c(-c2nn(CC(=O)N3CCC(CN4CCN(CC=O)CC4)CC3)cc2NC(=O)c2cnc3cccnn23)c1. The number of anilines is 1. The Morgan fingerprint density at radius 1 is 1.10 bits per heavy atom. The van der Waals surface area contributed by atoms with Crippen molar-refractivity contribution in [3.8, 4) is 17.0 Å². The third-order valence-corrected chi connectivity index (χ3v) is 9.48. The summed E-state index contributed by atoms with van der Waals surface area (Å²) in [6.07, 6.45) is 9.02. The van der Waals surface area contributed by atoms with E-state index in [9.17, 15) is 23.2 Å². The maximum Gasteiger partial charge on any atom is 0.387 e. The molecule has 2 amide bonds. The fraction of sp³-hybridized carbons (Fsp3) is 0.438. The van der Waals surface area contributed by atoms with Crippen molar-refractivity contribution >= 4 is 41.2 Å². The number of likely N-dealkylation sites (tertiary alicyclic amines) is 1. The molecule has 0 spiro atoms. The first kappa shape index (κ1) is 33.5. The smallest absolute Gasteiger partial charge is 0.387 e. The van der Waals surface area contributed by atoms with Gasteiger partial charge in [0.1, 0.15) is 24.3 Å². The van der Waals surface area contributed by atoms with Gasteiger partial charge >= 0.3 is 6.61 Å². The van der Waals surface area contributed by atoms with Crippen molar-refractivity contribution in [3.63, 3.8) is 0 Å². The van der Waals surface area contributed by atoms with Gasteiger partial charge in [0.15, 0.2) is 11.3 Å². The van der Waals surface area contributed by atoms with Crippen molar-refractivity contribution in [2.45, 2.75) is 30.9 Å². The predicted octanol–water partition coefficient (Wildman–Crippen LogP) is 3.22. The van der Waals surface area contributed by atoms with Crippen molar-refractivity contribution in [3.05, 3.63) is 54.6 Å². The third kappa shape index (κ3) is 7.82. The number of benzene rings is 1. The second-order valence-corrected chi connectivity index (χ2v) is 12.7. The van der Waals surface area contributed by atoms with Gasteiger partial charge in [-0.25, -0.2) is 9.50 Å².